The lowest BCUT2D eigenvalue weighted by Gasteiger charge is -2.08. The Morgan fingerprint density at radius 1 is 1.03 bits per heavy atom. The molecule has 0 bridgehead atoms. The van der Waals surface area contributed by atoms with E-state index in [-0.39, 0.29) is 12.1 Å². The van der Waals surface area contributed by atoms with Crippen LogP contribution < -0.4 is 16.0 Å². The van der Waals surface area contributed by atoms with Gasteiger partial charge in [-0.1, -0.05) is 36.4 Å². The molecule has 0 aliphatic heterocycles. The summed E-state index contributed by atoms with van der Waals surface area (Å²) in [6, 6.07) is 17.1. The Morgan fingerprint density at radius 2 is 1.81 bits per heavy atom. The van der Waals surface area contributed by atoms with Crippen LogP contribution in [0.15, 0.2) is 70.4 Å². The van der Waals surface area contributed by atoms with Gasteiger partial charge in [-0.05, 0) is 24.6 Å². The van der Waals surface area contributed by atoms with E-state index in [0.717, 1.165) is 22.7 Å². The van der Waals surface area contributed by atoms with Gasteiger partial charge in [-0.3, -0.25) is 22.9 Å². The molecule has 0 atom stereocenters. The molecule has 0 N–H and O–H groups in total. The van der Waals surface area contributed by atoms with E-state index in [1.807, 2.05) is 72.3 Å². The molecule has 31 heavy (non-hydrogen) atoms. The fraction of sp³-hybridized carbons (Fsp3) is 0.174. The second kappa shape index (κ2) is 7.02. The highest BCUT2D eigenvalue weighted by Gasteiger charge is 2.21. The SMILES string of the molecule is COc1cccc(-n2c(C)cn3c4c(=O)n(Cc5ccccc5)c(=O)n(C)c4nc23)c1. The van der Waals surface area contributed by atoms with Crippen LogP contribution in [0.2, 0.25) is 0 Å². The number of methoxy groups -OCH3 is 1. The van der Waals surface area contributed by atoms with Crippen LogP contribution in [0.25, 0.3) is 22.6 Å². The highest BCUT2D eigenvalue weighted by molar-refractivity contribution is 5.76. The Balaban J connectivity index is 1.80. The van der Waals surface area contributed by atoms with Gasteiger partial charge in [0.25, 0.3) is 5.56 Å². The van der Waals surface area contributed by atoms with Gasteiger partial charge in [-0.15, -0.1) is 0 Å². The van der Waals surface area contributed by atoms with E-state index in [1.165, 1.54) is 9.13 Å². The molecule has 0 radical (unpaired) electrons. The predicted octanol–water partition coefficient (Wildman–Crippen LogP) is 2.50. The first-order valence-electron chi connectivity index (χ1n) is 9.88. The van der Waals surface area contributed by atoms with Crippen LogP contribution in [0, 0.1) is 6.92 Å². The summed E-state index contributed by atoms with van der Waals surface area (Å²) in [6.45, 7) is 2.15. The summed E-state index contributed by atoms with van der Waals surface area (Å²) in [4.78, 5) is 31.0. The summed E-state index contributed by atoms with van der Waals surface area (Å²) in [5.41, 5.74) is 2.61. The van der Waals surface area contributed by atoms with Crippen LogP contribution in [0.1, 0.15) is 11.3 Å². The fourth-order valence-electron chi connectivity index (χ4n) is 3.98. The first-order valence-corrected chi connectivity index (χ1v) is 9.88. The number of aryl methyl sites for hydroxylation is 2. The number of nitrogens with zero attached hydrogens (tertiary/aromatic N) is 5. The van der Waals surface area contributed by atoms with Gasteiger partial charge in [0, 0.05) is 25.0 Å². The van der Waals surface area contributed by atoms with E-state index in [1.54, 1.807) is 18.6 Å². The molecule has 0 saturated carbocycles. The first-order chi connectivity index (χ1) is 15.0. The number of rotatable bonds is 4. The Hall–Kier alpha value is -4.07. The van der Waals surface area contributed by atoms with E-state index in [9.17, 15) is 9.59 Å². The molecule has 8 heteroatoms. The van der Waals surface area contributed by atoms with Crippen molar-refractivity contribution in [1.29, 1.82) is 0 Å². The average molecular weight is 415 g/mol. The number of hydrogen-bond donors (Lipinski definition) is 0. The number of fused-ring (bicyclic) bond motifs is 3. The second-order valence-corrected chi connectivity index (χ2v) is 7.48. The molecule has 3 aromatic heterocycles. The van der Waals surface area contributed by atoms with Gasteiger partial charge in [0.2, 0.25) is 5.78 Å². The molecule has 2 aromatic carbocycles. The molecular weight excluding hydrogens is 394 g/mol. The topological polar surface area (TPSA) is 75.5 Å². The minimum absolute atomic E-state index is 0.199. The summed E-state index contributed by atoms with van der Waals surface area (Å²) in [7, 11) is 3.26. The minimum Gasteiger partial charge on any atom is -0.497 e. The Kier molecular flexibility index (Phi) is 4.28. The van der Waals surface area contributed by atoms with E-state index in [4.69, 9.17) is 4.74 Å². The monoisotopic (exact) mass is 415 g/mol. The zero-order valence-electron chi connectivity index (χ0n) is 17.4. The standard InChI is InChI=1S/C23H21N5O3/c1-15-13-26-19-20(24-22(26)28(15)17-10-7-11-18(12-17)31-3)25(2)23(30)27(21(19)29)14-16-8-5-4-6-9-16/h4-13H,14H2,1-3H3. The van der Waals surface area contributed by atoms with Crippen molar-refractivity contribution in [2.45, 2.75) is 13.5 Å². The highest BCUT2D eigenvalue weighted by atomic mass is 16.5. The average Bonchev–Trinajstić information content (AvgIpc) is 3.30. The maximum atomic E-state index is 13.4. The number of ether oxygens (including phenoxy) is 1. The van der Waals surface area contributed by atoms with Crippen molar-refractivity contribution in [2.75, 3.05) is 7.11 Å². The number of aromatic nitrogens is 5. The number of imidazole rings is 2. The molecular formula is C23H21N5O3. The lowest BCUT2D eigenvalue weighted by molar-refractivity contribution is 0.414. The molecule has 0 amide bonds. The van der Waals surface area contributed by atoms with E-state index in [0.29, 0.717) is 16.9 Å². The van der Waals surface area contributed by atoms with Crippen LogP contribution in [0.5, 0.6) is 5.75 Å². The molecule has 156 valence electrons. The van der Waals surface area contributed by atoms with Crippen molar-refractivity contribution in [3.8, 4) is 11.4 Å². The molecule has 0 spiro atoms. The quantitative estimate of drug-likeness (QED) is 0.452. The molecule has 0 aliphatic rings. The van der Waals surface area contributed by atoms with Crippen LogP contribution in [-0.4, -0.2) is 30.2 Å². The van der Waals surface area contributed by atoms with Crippen LogP contribution in [-0.2, 0) is 13.6 Å². The number of hydrogen-bond acceptors (Lipinski definition) is 4. The largest absolute Gasteiger partial charge is 0.497 e. The van der Waals surface area contributed by atoms with Gasteiger partial charge in [0.1, 0.15) is 5.75 Å². The molecule has 5 aromatic rings. The fourth-order valence-corrected chi connectivity index (χ4v) is 3.98. The van der Waals surface area contributed by atoms with Crippen molar-refractivity contribution < 1.29 is 4.74 Å². The second-order valence-electron chi connectivity index (χ2n) is 7.48. The van der Waals surface area contributed by atoms with Crippen molar-refractivity contribution in [2.24, 2.45) is 7.05 Å². The maximum absolute atomic E-state index is 13.4. The van der Waals surface area contributed by atoms with Crippen molar-refractivity contribution >= 4 is 16.9 Å². The smallest absolute Gasteiger partial charge is 0.332 e. The number of benzene rings is 2. The molecule has 8 nitrogen and oxygen atoms in total. The van der Waals surface area contributed by atoms with Gasteiger partial charge >= 0.3 is 5.69 Å². The third kappa shape index (κ3) is 2.87. The molecule has 0 aliphatic carbocycles. The lowest BCUT2D eigenvalue weighted by atomic mass is 10.2. The molecule has 0 saturated heterocycles. The zero-order valence-corrected chi connectivity index (χ0v) is 17.4. The molecule has 3 heterocycles. The van der Waals surface area contributed by atoms with Crippen LogP contribution in [0.4, 0.5) is 0 Å². The molecule has 0 unspecified atom stereocenters. The van der Waals surface area contributed by atoms with E-state index < -0.39 is 5.69 Å². The highest BCUT2D eigenvalue weighted by Crippen LogP contribution is 2.23. The van der Waals surface area contributed by atoms with Gasteiger partial charge in [0.05, 0.1) is 19.3 Å². The zero-order chi connectivity index (χ0) is 21.7. The van der Waals surface area contributed by atoms with Crippen LogP contribution in [0.3, 0.4) is 0 Å². The van der Waals surface area contributed by atoms with Crippen molar-refractivity contribution in [1.82, 2.24) is 23.1 Å². The van der Waals surface area contributed by atoms with Crippen molar-refractivity contribution in [3.05, 3.63) is 92.9 Å². The van der Waals surface area contributed by atoms with Gasteiger partial charge in [-0.2, -0.15) is 4.98 Å². The van der Waals surface area contributed by atoms with Gasteiger partial charge < -0.3 is 4.74 Å². The molecule has 0 fully saturated rings. The Labute approximate surface area is 177 Å². The lowest BCUT2D eigenvalue weighted by Crippen LogP contribution is -2.39. The van der Waals surface area contributed by atoms with E-state index >= 15 is 0 Å². The Morgan fingerprint density at radius 3 is 2.55 bits per heavy atom. The minimum atomic E-state index is -0.397. The molecule has 5 rings (SSSR count). The third-order valence-corrected chi connectivity index (χ3v) is 5.52. The first kappa shape index (κ1) is 18.9. The summed E-state index contributed by atoms with van der Waals surface area (Å²) in [5.74, 6) is 1.28. The predicted molar refractivity (Wildman–Crippen MR) is 118 cm³/mol. The van der Waals surface area contributed by atoms with Crippen molar-refractivity contribution in [3.63, 3.8) is 0 Å². The Bertz CT molecular complexity index is 1550. The maximum Gasteiger partial charge on any atom is 0.332 e. The third-order valence-electron chi connectivity index (χ3n) is 5.52. The van der Waals surface area contributed by atoms with Crippen LogP contribution >= 0.6 is 0 Å². The van der Waals surface area contributed by atoms with Gasteiger partial charge in [0.15, 0.2) is 11.2 Å². The summed E-state index contributed by atoms with van der Waals surface area (Å²) in [6.07, 6.45) is 1.86. The summed E-state index contributed by atoms with van der Waals surface area (Å²) < 4.78 is 11.7. The van der Waals surface area contributed by atoms with E-state index in [2.05, 4.69) is 4.98 Å². The summed E-state index contributed by atoms with van der Waals surface area (Å²) >= 11 is 0. The summed E-state index contributed by atoms with van der Waals surface area (Å²) in [5, 5.41) is 0. The normalized spacial score (nSPS) is 11.5. The van der Waals surface area contributed by atoms with Gasteiger partial charge in [-0.25, -0.2) is 4.79 Å².